The molecule has 0 aromatic carbocycles. The maximum absolute atomic E-state index is 2.50. The van der Waals surface area contributed by atoms with E-state index in [9.17, 15) is 0 Å². The molecule has 8 heavy (non-hydrogen) atoms. The Morgan fingerprint density at radius 2 is 2.12 bits per heavy atom. The molecule has 0 aromatic heterocycles. The van der Waals surface area contributed by atoms with Crippen molar-refractivity contribution in [2.24, 2.45) is 23.2 Å². The van der Waals surface area contributed by atoms with E-state index in [1.807, 2.05) is 0 Å². The third kappa shape index (κ3) is 0.178. The van der Waals surface area contributed by atoms with Crippen LogP contribution in [0.4, 0.5) is 0 Å². The van der Waals surface area contributed by atoms with Crippen molar-refractivity contribution < 1.29 is 0 Å². The summed E-state index contributed by atoms with van der Waals surface area (Å²) in [4.78, 5) is 0. The second-order valence-corrected chi connectivity index (χ2v) is 4.09. The largest absolute Gasteiger partial charge is 0.0588 e. The molecule has 0 N–H and O–H groups in total. The Morgan fingerprint density at radius 1 is 1.25 bits per heavy atom. The van der Waals surface area contributed by atoms with E-state index in [2.05, 4.69) is 6.92 Å². The number of fused-ring (bicyclic) bond motifs is 1. The molecule has 3 fully saturated rings. The molecule has 3 aliphatic carbocycles. The molecule has 0 aliphatic heterocycles. The summed E-state index contributed by atoms with van der Waals surface area (Å²) in [6, 6.07) is 0. The van der Waals surface area contributed by atoms with Gasteiger partial charge in [-0.25, -0.2) is 0 Å². The fraction of sp³-hybridized carbons (Fsp3) is 1.00. The van der Waals surface area contributed by atoms with Crippen molar-refractivity contribution in [3.8, 4) is 0 Å². The molecule has 3 aliphatic rings. The van der Waals surface area contributed by atoms with Crippen LogP contribution in [0.3, 0.4) is 0 Å². The van der Waals surface area contributed by atoms with Crippen LogP contribution in [0, 0.1) is 23.2 Å². The first-order chi connectivity index (χ1) is 3.83. The van der Waals surface area contributed by atoms with Gasteiger partial charge in [0.2, 0.25) is 0 Å². The van der Waals surface area contributed by atoms with Crippen LogP contribution in [0.5, 0.6) is 0 Å². The zero-order valence-electron chi connectivity index (χ0n) is 5.35. The van der Waals surface area contributed by atoms with E-state index >= 15 is 0 Å². The van der Waals surface area contributed by atoms with Crippen molar-refractivity contribution in [3.63, 3.8) is 0 Å². The predicted molar refractivity (Wildman–Crippen MR) is 32.4 cm³/mol. The summed E-state index contributed by atoms with van der Waals surface area (Å²) >= 11 is 0. The van der Waals surface area contributed by atoms with Crippen molar-refractivity contribution in [1.29, 1.82) is 0 Å². The molecule has 4 atom stereocenters. The standard InChI is InChI=1S/C8H12/c1-8-5-2-3-6(8)7(8)4-5/h5-7H,2-4H2,1H3. The van der Waals surface area contributed by atoms with Crippen LogP contribution in [0.25, 0.3) is 0 Å². The zero-order chi connectivity index (χ0) is 5.35. The first-order valence-corrected chi connectivity index (χ1v) is 3.83. The average Bonchev–Trinajstić information content (AvgIpc) is 2.13. The Bertz CT molecular complexity index is 139. The molecule has 4 unspecified atom stereocenters. The smallest absolute Gasteiger partial charge is 0.0235 e. The average molecular weight is 108 g/mol. The van der Waals surface area contributed by atoms with E-state index in [4.69, 9.17) is 0 Å². The minimum atomic E-state index is 0.917. The van der Waals surface area contributed by atoms with E-state index in [0.717, 1.165) is 5.41 Å². The topological polar surface area (TPSA) is 0 Å². The quantitative estimate of drug-likeness (QED) is 0.445. The fourth-order valence-electron chi connectivity index (χ4n) is 3.47. The normalized spacial score (nSPS) is 73.9. The van der Waals surface area contributed by atoms with Crippen LogP contribution in [-0.4, -0.2) is 0 Å². The summed E-state index contributed by atoms with van der Waals surface area (Å²) in [7, 11) is 0. The van der Waals surface area contributed by atoms with Crippen LogP contribution < -0.4 is 0 Å². The third-order valence-electron chi connectivity index (χ3n) is 4.22. The SMILES string of the molecule is CC12C3CCC1C2C3. The fourth-order valence-corrected chi connectivity index (χ4v) is 3.47. The second kappa shape index (κ2) is 0.778. The molecule has 0 radical (unpaired) electrons. The maximum Gasteiger partial charge on any atom is -0.0235 e. The Morgan fingerprint density at radius 3 is 2.25 bits per heavy atom. The highest BCUT2D eigenvalue weighted by Gasteiger charge is 2.75. The molecular formula is C8H12. The van der Waals surface area contributed by atoms with Gasteiger partial charge in [-0.2, -0.15) is 0 Å². The van der Waals surface area contributed by atoms with Crippen LogP contribution in [-0.2, 0) is 0 Å². The Balaban J connectivity index is 2.10. The van der Waals surface area contributed by atoms with E-state index < -0.39 is 0 Å². The summed E-state index contributed by atoms with van der Waals surface area (Å²) in [6.07, 6.45) is 4.74. The Kier molecular flexibility index (Phi) is 0.381. The molecule has 0 aromatic rings. The highest BCUT2D eigenvalue weighted by molar-refractivity contribution is 5.23. The van der Waals surface area contributed by atoms with Gasteiger partial charge < -0.3 is 0 Å². The summed E-state index contributed by atoms with van der Waals surface area (Å²) in [6.45, 7) is 2.50. The number of hydrogen-bond acceptors (Lipinski definition) is 0. The molecule has 0 spiro atoms. The van der Waals surface area contributed by atoms with E-state index in [-0.39, 0.29) is 0 Å². The summed E-state index contributed by atoms with van der Waals surface area (Å²) in [5, 5.41) is 0. The lowest BCUT2D eigenvalue weighted by molar-refractivity contribution is 0.179. The predicted octanol–water partition coefficient (Wildman–Crippen LogP) is 2.05. The van der Waals surface area contributed by atoms with Crippen molar-refractivity contribution in [3.05, 3.63) is 0 Å². The number of rotatable bonds is 0. The van der Waals surface area contributed by atoms with Crippen LogP contribution in [0.2, 0.25) is 0 Å². The first kappa shape index (κ1) is 3.92. The first-order valence-electron chi connectivity index (χ1n) is 3.83. The van der Waals surface area contributed by atoms with Crippen molar-refractivity contribution >= 4 is 0 Å². The summed E-state index contributed by atoms with van der Waals surface area (Å²) in [5.74, 6) is 3.59. The molecule has 3 saturated carbocycles. The Labute approximate surface area is 50.3 Å². The minimum absolute atomic E-state index is 0.917. The van der Waals surface area contributed by atoms with Crippen LogP contribution >= 0.6 is 0 Å². The van der Waals surface area contributed by atoms with Gasteiger partial charge in [-0.05, 0) is 42.4 Å². The van der Waals surface area contributed by atoms with Gasteiger partial charge in [0.05, 0.1) is 0 Å². The van der Waals surface area contributed by atoms with Crippen molar-refractivity contribution in [2.45, 2.75) is 26.2 Å². The molecular weight excluding hydrogens is 96.1 g/mol. The minimum Gasteiger partial charge on any atom is -0.0588 e. The zero-order valence-corrected chi connectivity index (χ0v) is 5.35. The third-order valence-corrected chi connectivity index (χ3v) is 4.22. The highest BCUT2D eigenvalue weighted by atomic mass is 14.8. The summed E-state index contributed by atoms with van der Waals surface area (Å²) in [5.41, 5.74) is 0.917. The van der Waals surface area contributed by atoms with E-state index in [0.29, 0.717) is 0 Å². The molecule has 0 bridgehead atoms. The lowest BCUT2D eigenvalue weighted by atomic mass is 9.74. The number of hydrogen-bond donors (Lipinski definition) is 0. The van der Waals surface area contributed by atoms with Gasteiger partial charge in [0.1, 0.15) is 0 Å². The van der Waals surface area contributed by atoms with Gasteiger partial charge in [-0.15, -0.1) is 0 Å². The summed E-state index contributed by atoms with van der Waals surface area (Å²) < 4.78 is 0. The van der Waals surface area contributed by atoms with Gasteiger partial charge in [-0.1, -0.05) is 6.92 Å². The lowest BCUT2D eigenvalue weighted by Crippen LogP contribution is -2.23. The Hall–Kier alpha value is 0. The highest BCUT2D eigenvalue weighted by Crippen LogP contribution is 2.81. The molecule has 3 rings (SSSR count). The monoisotopic (exact) mass is 108 g/mol. The molecule has 0 saturated heterocycles. The van der Waals surface area contributed by atoms with E-state index in [1.165, 1.54) is 17.8 Å². The van der Waals surface area contributed by atoms with Gasteiger partial charge in [0.15, 0.2) is 0 Å². The van der Waals surface area contributed by atoms with E-state index in [1.54, 1.807) is 19.3 Å². The molecule has 44 valence electrons. The van der Waals surface area contributed by atoms with Crippen LogP contribution in [0.1, 0.15) is 26.2 Å². The maximum atomic E-state index is 2.50. The lowest BCUT2D eigenvalue weighted by Gasteiger charge is -2.31. The van der Waals surface area contributed by atoms with Crippen molar-refractivity contribution in [2.75, 3.05) is 0 Å². The van der Waals surface area contributed by atoms with Gasteiger partial charge in [-0.3, -0.25) is 0 Å². The second-order valence-electron chi connectivity index (χ2n) is 4.09. The van der Waals surface area contributed by atoms with Gasteiger partial charge in [0.25, 0.3) is 0 Å². The molecule has 0 amide bonds. The van der Waals surface area contributed by atoms with Gasteiger partial charge >= 0.3 is 0 Å². The molecule has 0 heterocycles. The molecule has 0 heteroatoms. The van der Waals surface area contributed by atoms with Gasteiger partial charge in [0, 0.05) is 0 Å². The van der Waals surface area contributed by atoms with Crippen LogP contribution in [0.15, 0.2) is 0 Å². The van der Waals surface area contributed by atoms with Crippen molar-refractivity contribution in [1.82, 2.24) is 0 Å². The molecule has 0 nitrogen and oxygen atoms in total.